The predicted molar refractivity (Wildman–Crippen MR) is 58.1 cm³/mol. The topological polar surface area (TPSA) is 91.6 Å². The third-order valence-corrected chi connectivity index (χ3v) is 3.77. The summed E-state index contributed by atoms with van der Waals surface area (Å²) in [6.07, 6.45) is 0. The molecule has 2 atom stereocenters. The van der Waals surface area contributed by atoms with Gasteiger partial charge in [-0.1, -0.05) is 0 Å². The molecular weight excluding hydrogens is 246 g/mol. The Bertz CT molecular complexity index is 440. The highest BCUT2D eigenvalue weighted by Crippen LogP contribution is 2.31. The molecule has 0 spiro atoms. The number of rotatable bonds is 4. The van der Waals surface area contributed by atoms with Crippen LogP contribution in [0.3, 0.4) is 0 Å². The number of esters is 1. The Morgan fingerprint density at radius 2 is 2.35 bits per heavy atom. The smallest absolute Gasteiger partial charge is 0.373 e. The van der Waals surface area contributed by atoms with E-state index >= 15 is 0 Å². The maximum Gasteiger partial charge on any atom is 0.373 e. The average Bonchev–Trinajstić information content (AvgIpc) is 2.70. The summed E-state index contributed by atoms with van der Waals surface area (Å²) in [5.41, 5.74) is 0. The molecule has 1 aromatic rings. The third kappa shape index (κ3) is 2.41. The van der Waals surface area contributed by atoms with Crippen LogP contribution in [0.2, 0.25) is 0 Å². The van der Waals surface area contributed by atoms with Crippen molar-refractivity contribution in [3.8, 4) is 0 Å². The van der Waals surface area contributed by atoms with Gasteiger partial charge in [0.25, 0.3) is 0 Å². The molecular formula is C10H12NO5S-. The number of ether oxygens (including phenoxy) is 1. The molecule has 0 saturated carbocycles. The number of furan rings is 1. The van der Waals surface area contributed by atoms with E-state index in [0.717, 1.165) is 0 Å². The van der Waals surface area contributed by atoms with E-state index in [0.29, 0.717) is 13.1 Å². The predicted octanol–water partition coefficient (Wildman–Crippen LogP) is 0.206. The van der Waals surface area contributed by atoms with E-state index in [1.165, 1.54) is 19.2 Å². The van der Waals surface area contributed by atoms with Crippen LogP contribution in [0.15, 0.2) is 16.5 Å². The van der Waals surface area contributed by atoms with E-state index < -0.39 is 22.3 Å². The Hall–Kier alpha value is -1.18. The molecule has 0 bridgehead atoms. The largest absolute Gasteiger partial charge is 0.772 e. The molecule has 2 rings (SSSR count). The molecule has 0 aliphatic carbocycles. The fourth-order valence-electron chi connectivity index (χ4n) is 1.73. The van der Waals surface area contributed by atoms with Crippen LogP contribution >= 0.6 is 0 Å². The SMILES string of the molecule is COC(=O)c1ccc(C(C2CNC2)S(=O)[O-])o1. The zero-order valence-corrected chi connectivity index (χ0v) is 9.99. The van der Waals surface area contributed by atoms with Gasteiger partial charge in [0, 0.05) is 19.0 Å². The van der Waals surface area contributed by atoms with E-state index in [2.05, 4.69) is 10.1 Å². The highest BCUT2D eigenvalue weighted by Gasteiger charge is 2.32. The zero-order chi connectivity index (χ0) is 12.4. The quantitative estimate of drug-likeness (QED) is 0.613. The Morgan fingerprint density at radius 1 is 1.65 bits per heavy atom. The van der Waals surface area contributed by atoms with Crippen molar-refractivity contribution in [2.45, 2.75) is 5.25 Å². The summed E-state index contributed by atoms with van der Waals surface area (Å²) in [5.74, 6) is -0.320. The van der Waals surface area contributed by atoms with Gasteiger partial charge in [-0.25, -0.2) is 4.79 Å². The van der Waals surface area contributed by atoms with E-state index in [9.17, 15) is 13.6 Å². The molecule has 1 saturated heterocycles. The number of hydrogen-bond donors (Lipinski definition) is 1. The molecule has 1 fully saturated rings. The first-order chi connectivity index (χ1) is 8.13. The first-order valence-corrected chi connectivity index (χ1v) is 6.24. The number of hydrogen-bond acceptors (Lipinski definition) is 6. The maximum atomic E-state index is 11.2. The molecule has 0 radical (unpaired) electrons. The van der Waals surface area contributed by atoms with Gasteiger partial charge < -0.3 is 19.0 Å². The lowest BCUT2D eigenvalue weighted by atomic mass is 9.97. The Kier molecular flexibility index (Phi) is 3.60. The van der Waals surface area contributed by atoms with Crippen LogP contribution in [0.1, 0.15) is 21.6 Å². The number of nitrogens with one attached hydrogen (secondary N) is 1. The lowest BCUT2D eigenvalue weighted by molar-refractivity contribution is 0.0562. The molecule has 17 heavy (non-hydrogen) atoms. The van der Waals surface area contributed by atoms with E-state index in [1.807, 2.05) is 0 Å². The van der Waals surface area contributed by atoms with Gasteiger partial charge in [0.05, 0.1) is 12.4 Å². The summed E-state index contributed by atoms with van der Waals surface area (Å²) in [6, 6.07) is 2.93. The van der Waals surface area contributed by atoms with Crippen LogP contribution in [0.4, 0.5) is 0 Å². The number of carbonyl (C=O) groups excluding carboxylic acids is 1. The molecule has 94 valence electrons. The fraction of sp³-hybridized carbons (Fsp3) is 0.500. The number of carbonyl (C=O) groups is 1. The molecule has 7 heteroatoms. The van der Waals surface area contributed by atoms with Crippen LogP contribution in [0, 0.1) is 5.92 Å². The van der Waals surface area contributed by atoms with Gasteiger partial charge in [0.1, 0.15) is 5.76 Å². The van der Waals surface area contributed by atoms with Gasteiger partial charge in [0.15, 0.2) is 0 Å². The molecule has 2 heterocycles. The molecule has 0 aromatic carbocycles. The van der Waals surface area contributed by atoms with Crippen molar-refractivity contribution in [3.63, 3.8) is 0 Å². The van der Waals surface area contributed by atoms with Crippen LogP contribution < -0.4 is 5.32 Å². The Morgan fingerprint density at radius 3 is 2.82 bits per heavy atom. The monoisotopic (exact) mass is 258 g/mol. The minimum Gasteiger partial charge on any atom is -0.772 e. The summed E-state index contributed by atoms with van der Waals surface area (Å²) >= 11 is -2.27. The number of methoxy groups -OCH3 is 1. The lowest BCUT2D eigenvalue weighted by Crippen LogP contribution is -2.46. The fourth-order valence-corrected chi connectivity index (χ4v) is 2.55. The standard InChI is InChI=1S/C10H13NO5S/c1-15-10(12)8-3-2-7(16-8)9(17(13)14)6-4-11-5-6/h2-3,6,9,11H,4-5H2,1H3,(H,13,14)/p-1. The van der Waals surface area contributed by atoms with Crippen molar-refractivity contribution in [1.82, 2.24) is 5.32 Å². The van der Waals surface area contributed by atoms with Gasteiger partial charge in [-0.15, -0.1) is 0 Å². The molecule has 1 aromatic heterocycles. The maximum absolute atomic E-state index is 11.2. The second-order valence-electron chi connectivity index (χ2n) is 3.79. The van der Waals surface area contributed by atoms with Crippen LogP contribution in [0.25, 0.3) is 0 Å². The minimum atomic E-state index is -2.27. The summed E-state index contributed by atoms with van der Waals surface area (Å²) in [4.78, 5) is 11.2. The van der Waals surface area contributed by atoms with Crippen molar-refractivity contribution in [3.05, 3.63) is 23.7 Å². The first-order valence-electron chi connectivity index (χ1n) is 5.10. The zero-order valence-electron chi connectivity index (χ0n) is 9.17. The van der Waals surface area contributed by atoms with Crippen LogP contribution in [0.5, 0.6) is 0 Å². The lowest BCUT2D eigenvalue weighted by Gasteiger charge is -2.34. The van der Waals surface area contributed by atoms with Crippen LogP contribution in [-0.4, -0.2) is 34.9 Å². The van der Waals surface area contributed by atoms with E-state index in [1.54, 1.807) is 0 Å². The summed E-state index contributed by atoms with van der Waals surface area (Å²) in [5, 5.41) is 2.29. The molecule has 6 nitrogen and oxygen atoms in total. The van der Waals surface area contributed by atoms with E-state index in [-0.39, 0.29) is 17.4 Å². The summed E-state index contributed by atoms with van der Waals surface area (Å²) in [6.45, 7) is 1.26. The summed E-state index contributed by atoms with van der Waals surface area (Å²) in [7, 11) is 1.24. The van der Waals surface area contributed by atoms with Gasteiger partial charge in [-0.2, -0.15) is 0 Å². The van der Waals surface area contributed by atoms with Crippen molar-refractivity contribution < 1.29 is 22.7 Å². The van der Waals surface area contributed by atoms with Crippen molar-refractivity contribution in [2.75, 3.05) is 20.2 Å². The minimum absolute atomic E-state index is 0.00928. The molecule has 0 amide bonds. The van der Waals surface area contributed by atoms with Crippen molar-refractivity contribution in [1.29, 1.82) is 0 Å². The van der Waals surface area contributed by atoms with Gasteiger partial charge in [-0.05, 0) is 23.2 Å². The average molecular weight is 258 g/mol. The van der Waals surface area contributed by atoms with Gasteiger partial charge >= 0.3 is 5.97 Å². The molecule has 1 aliphatic rings. The second-order valence-corrected chi connectivity index (χ2v) is 4.82. The van der Waals surface area contributed by atoms with Gasteiger partial charge in [-0.3, -0.25) is 4.21 Å². The van der Waals surface area contributed by atoms with E-state index in [4.69, 9.17) is 4.42 Å². The normalized spacial score (nSPS) is 19.4. The van der Waals surface area contributed by atoms with Crippen molar-refractivity contribution in [2.24, 2.45) is 5.92 Å². The van der Waals surface area contributed by atoms with Crippen LogP contribution in [-0.2, 0) is 15.8 Å². The van der Waals surface area contributed by atoms with Crippen molar-refractivity contribution >= 4 is 17.0 Å². The Balaban J connectivity index is 2.21. The highest BCUT2D eigenvalue weighted by molar-refractivity contribution is 7.79. The Labute approximate surface area is 101 Å². The molecule has 2 unspecified atom stereocenters. The van der Waals surface area contributed by atoms with Gasteiger partial charge in [0.2, 0.25) is 5.76 Å². The third-order valence-electron chi connectivity index (χ3n) is 2.74. The highest BCUT2D eigenvalue weighted by atomic mass is 32.2. The first kappa shape index (κ1) is 12.3. The molecule has 1 N–H and O–H groups in total. The second kappa shape index (κ2) is 4.99. The molecule has 1 aliphatic heterocycles. The summed E-state index contributed by atoms with van der Waals surface area (Å²) < 4.78 is 32.1.